The van der Waals surface area contributed by atoms with Crippen LogP contribution in [0.25, 0.3) is 0 Å². The highest BCUT2D eigenvalue weighted by molar-refractivity contribution is 6.11. The van der Waals surface area contributed by atoms with Gasteiger partial charge in [-0.15, -0.1) is 0 Å². The van der Waals surface area contributed by atoms with Gasteiger partial charge in [-0.05, 0) is 25.5 Å². The van der Waals surface area contributed by atoms with Crippen molar-refractivity contribution in [3.05, 3.63) is 52.4 Å². The molecule has 0 saturated heterocycles. The summed E-state index contributed by atoms with van der Waals surface area (Å²) in [5.74, 6) is -0.271. The van der Waals surface area contributed by atoms with Gasteiger partial charge in [-0.25, -0.2) is 5.06 Å². The van der Waals surface area contributed by atoms with Gasteiger partial charge in [-0.2, -0.15) is 5.26 Å². The topological polar surface area (TPSA) is 83.1 Å². The molecule has 1 aromatic rings. The summed E-state index contributed by atoms with van der Waals surface area (Å²) in [6.07, 6.45) is 0. The van der Waals surface area contributed by atoms with Crippen LogP contribution < -0.4 is 10.4 Å². The molecule has 0 bridgehead atoms. The Morgan fingerprint density at radius 2 is 2.00 bits per heavy atom. The minimum Gasteiger partial charge on any atom is -0.362 e. The van der Waals surface area contributed by atoms with Gasteiger partial charge < -0.3 is 5.32 Å². The van der Waals surface area contributed by atoms with E-state index in [9.17, 15) is 10.5 Å². The molecular weight excluding hydrogens is 252 g/mol. The lowest BCUT2D eigenvalue weighted by molar-refractivity contribution is 0.307. The van der Waals surface area contributed by atoms with Crippen LogP contribution in [0.5, 0.6) is 0 Å². The van der Waals surface area contributed by atoms with Gasteiger partial charge in [0.15, 0.2) is 5.84 Å². The molecule has 100 valence electrons. The standard InChI is InChI=1S/C15H14N4O/c1-8-11(7-16)14-10-5-3-4-6-12(10)19(20)15(17)13(14)9(2)18-8/h3-6,14,17-18,20H,1-2H3. The zero-order valence-corrected chi connectivity index (χ0v) is 11.2. The highest BCUT2D eigenvalue weighted by atomic mass is 16.5. The number of para-hydroxylation sites is 1. The minimum atomic E-state index is -0.284. The average Bonchev–Trinajstić information content (AvgIpc) is 2.44. The smallest absolute Gasteiger partial charge is 0.156 e. The molecule has 0 aromatic heterocycles. The molecule has 0 amide bonds. The Morgan fingerprint density at radius 1 is 1.30 bits per heavy atom. The quantitative estimate of drug-likeness (QED) is 0.674. The van der Waals surface area contributed by atoms with Gasteiger partial charge in [-0.1, -0.05) is 18.2 Å². The lowest BCUT2D eigenvalue weighted by atomic mass is 9.77. The lowest BCUT2D eigenvalue weighted by Gasteiger charge is -2.38. The van der Waals surface area contributed by atoms with E-state index in [1.54, 1.807) is 12.1 Å². The molecule has 3 N–H and O–H groups in total. The summed E-state index contributed by atoms with van der Waals surface area (Å²) in [7, 11) is 0. The first-order chi connectivity index (χ1) is 9.56. The normalized spacial score (nSPS) is 21.2. The van der Waals surface area contributed by atoms with Crippen molar-refractivity contribution in [2.75, 3.05) is 5.06 Å². The van der Waals surface area contributed by atoms with E-state index in [2.05, 4.69) is 11.4 Å². The first-order valence-corrected chi connectivity index (χ1v) is 6.31. The van der Waals surface area contributed by atoms with Crippen molar-refractivity contribution in [2.24, 2.45) is 0 Å². The summed E-state index contributed by atoms with van der Waals surface area (Å²) in [6, 6.07) is 9.56. The zero-order chi connectivity index (χ0) is 14.4. The SMILES string of the molecule is CC1=C(C#N)C2C(=C(C)N1)C(=N)N(O)c1ccccc12. The van der Waals surface area contributed by atoms with E-state index in [1.165, 1.54) is 0 Å². The van der Waals surface area contributed by atoms with Crippen LogP contribution in [0.1, 0.15) is 25.3 Å². The van der Waals surface area contributed by atoms with E-state index >= 15 is 0 Å². The number of fused-ring (bicyclic) bond motifs is 3. The number of nitrogens with one attached hydrogen (secondary N) is 2. The Hall–Kier alpha value is -2.58. The summed E-state index contributed by atoms with van der Waals surface area (Å²) < 4.78 is 0. The molecule has 0 saturated carbocycles. The van der Waals surface area contributed by atoms with Crippen molar-refractivity contribution in [3.63, 3.8) is 0 Å². The largest absolute Gasteiger partial charge is 0.362 e. The Labute approximate surface area is 116 Å². The highest BCUT2D eigenvalue weighted by Crippen LogP contribution is 2.45. The van der Waals surface area contributed by atoms with Crippen LogP contribution in [0, 0.1) is 16.7 Å². The molecule has 1 unspecified atom stereocenters. The maximum absolute atomic E-state index is 10.2. The van der Waals surface area contributed by atoms with E-state index in [0.717, 1.165) is 22.0 Å². The molecule has 2 aliphatic heterocycles. The number of allylic oxidation sites excluding steroid dienone is 3. The van der Waals surface area contributed by atoms with Crippen molar-refractivity contribution >= 4 is 11.5 Å². The second-order valence-electron chi connectivity index (χ2n) is 4.97. The van der Waals surface area contributed by atoms with Crippen molar-refractivity contribution in [3.8, 4) is 6.07 Å². The lowest BCUT2D eigenvalue weighted by Crippen LogP contribution is -2.40. The van der Waals surface area contributed by atoms with E-state index in [1.807, 2.05) is 26.0 Å². The molecule has 3 rings (SSSR count). The number of hydroxylamine groups is 1. The number of amidine groups is 1. The zero-order valence-electron chi connectivity index (χ0n) is 11.2. The third-order valence-electron chi connectivity index (χ3n) is 3.82. The summed E-state index contributed by atoms with van der Waals surface area (Å²) >= 11 is 0. The molecule has 5 heteroatoms. The van der Waals surface area contributed by atoms with Crippen molar-refractivity contribution in [2.45, 2.75) is 19.8 Å². The molecule has 0 aliphatic carbocycles. The van der Waals surface area contributed by atoms with Gasteiger partial charge in [0.2, 0.25) is 0 Å². The second-order valence-corrected chi connectivity index (χ2v) is 4.97. The average molecular weight is 266 g/mol. The van der Waals surface area contributed by atoms with Crippen LogP contribution in [-0.4, -0.2) is 11.0 Å². The Bertz CT molecular complexity index is 724. The van der Waals surface area contributed by atoms with Gasteiger partial charge >= 0.3 is 0 Å². The third-order valence-corrected chi connectivity index (χ3v) is 3.82. The molecule has 1 aromatic carbocycles. The third kappa shape index (κ3) is 1.49. The van der Waals surface area contributed by atoms with Gasteiger partial charge in [0.25, 0.3) is 0 Å². The van der Waals surface area contributed by atoms with Crippen LogP contribution in [0.15, 0.2) is 46.8 Å². The van der Waals surface area contributed by atoms with Gasteiger partial charge in [0, 0.05) is 17.0 Å². The van der Waals surface area contributed by atoms with Crippen LogP contribution in [0.2, 0.25) is 0 Å². The molecule has 1 atom stereocenters. The Balaban J connectivity index is 2.33. The number of anilines is 1. The fourth-order valence-electron chi connectivity index (χ4n) is 2.93. The maximum atomic E-state index is 10.2. The number of hydrogen-bond donors (Lipinski definition) is 3. The predicted molar refractivity (Wildman–Crippen MR) is 75.3 cm³/mol. The molecular formula is C15H14N4O. The van der Waals surface area contributed by atoms with Crippen molar-refractivity contribution < 1.29 is 5.21 Å². The number of benzene rings is 1. The van der Waals surface area contributed by atoms with E-state index < -0.39 is 0 Å². The first kappa shape index (κ1) is 12.5. The van der Waals surface area contributed by atoms with Crippen LogP contribution in [0.4, 0.5) is 5.69 Å². The maximum Gasteiger partial charge on any atom is 0.156 e. The van der Waals surface area contributed by atoms with Gasteiger partial charge in [0.1, 0.15) is 0 Å². The van der Waals surface area contributed by atoms with E-state index in [-0.39, 0.29) is 11.8 Å². The van der Waals surface area contributed by atoms with Crippen molar-refractivity contribution in [1.82, 2.24) is 5.32 Å². The van der Waals surface area contributed by atoms with Gasteiger partial charge in [-0.3, -0.25) is 10.6 Å². The number of nitriles is 1. The molecule has 2 aliphatic rings. The molecule has 20 heavy (non-hydrogen) atoms. The molecule has 0 radical (unpaired) electrons. The summed E-state index contributed by atoms with van der Waals surface area (Å²) in [5.41, 5.74) is 4.24. The van der Waals surface area contributed by atoms with Crippen LogP contribution in [0.3, 0.4) is 0 Å². The predicted octanol–water partition coefficient (Wildman–Crippen LogP) is 2.63. The van der Waals surface area contributed by atoms with Crippen LogP contribution >= 0.6 is 0 Å². The van der Waals surface area contributed by atoms with E-state index in [0.29, 0.717) is 16.8 Å². The molecule has 5 nitrogen and oxygen atoms in total. The number of rotatable bonds is 0. The molecule has 0 fully saturated rings. The van der Waals surface area contributed by atoms with Crippen LogP contribution in [-0.2, 0) is 0 Å². The summed E-state index contributed by atoms with van der Waals surface area (Å²) in [5, 5.41) is 31.8. The highest BCUT2D eigenvalue weighted by Gasteiger charge is 2.39. The van der Waals surface area contributed by atoms with Gasteiger partial charge in [0.05, 0.1) is 23.2 Å². The fourth-order valence-corrected chi connectivity index (χ4v) is 2.93. The monoisotopic (exact) mass is 266 g/mol. The molecule has 0 spiro atoms. The molecule has 2 heterocycles. The second kappa shape index (κ2) is 4.22. The number of hydrogen-bond acceptors (Lipinski definition) is 4. The number of nitrogens with zero attached hydrogens (tertiary/aromatic N) is 2. The number of dihydropyridines is 1. The fraction of sp³-hybridized carbons (Fsp3) is 0.200. The first-order valence-electron chi connectivity index (χ1n) is 6.31. The Morgan fingerprint density at radius 3 is 2.70 bits per heavy atom. The van der Waals surface area contributed by atoms with E-state index in [4.69, 9.17) is 5.41 Å². The summed E-state index contributed by atoms with van der Waals surface area (Å²) in [4.78, 5) is 0. The van der Waals surface area contributed by atoms with Crippen molar-refractivity contribution in [1.29, 1.82) is 10.7 Å². The Kier molecular flexibility index (Phi) is 2.63. The summed E-state index contributed by atoms with van der Waals surface area (Å²) in [6.45, 7) is 3.71. The minimum absolute atomic E-state index is 0.0129.